The molecule has 1 N–H and O–H groups in total. The lowest BCUT2D eigenvalue weighted by atomic mass is 10.1. The molecule has 2 aromatic rings. The van der Waals surface area contributed by atoms with E-state index in [1.165, 1.54) is 18.2 Å². The third-order valence-electron chi connectivity index (χ3n) is 2.88. The molecule has 1 aromatic heterocycles. The molecule has 0 spiro atoms. The number of rotatable bonds is 5. The maximum Gasteiger partial charge on any atom is 0.272 e. The zero-order valence-electron chi connectivity index (χ0n) is 10.9. The van der Waals surface area contributed by atoms with Crippen LogP contribution in [0.5, 0.6) is 0 Å². The third-order valence-corrected chi connectivity index (χ3v) is 6.40. The summed E-state index contributed by atoms with van der Waals surface area (Å²) in [5.74, 6) is 0. The van der Waals surface area contributed by atoms with Gasteiger partial charge in [0.2, 0.25) is 10.0 Å². The first-order chi connectivity index (χ1) is 9.81. The van der Waals surface area contributed by atoms with Gasteiger partial charge >= 0.3 is 0 Å². The number of nitro groups is 1. The van der Waals surface area contributed by atoms with Gasteiger partial charge in [-0.3, -0.25) is 10.1 Å². The van der Waals surface area contributed by atoms with Crippen molar-refractivity contribution in [1.82, 2.24) is 4.72 Å². The van der Waals surface area contributed by atoms with E-state index >= 15 is 0 Å². The van der Waals surface area contributed by atoms with Crippen LogP contribution in [0.4, 0.5) is 5.69 Å². The summed E-state index contributed by atoms with van der Waals surface area (Å²) in [6, 6.07) is 7.74. The van der Waals surface area contributed by atoms with Crippen molar-refractivity contribution in [2.45, 2.75) is 17.7 Å². The van der Waals surface area contributed by atoms with Crippen molar-refractivity contribution in [2.75, 3.05) is 0 Å². The summed E-state index contributed by atoms with van der Waals surface area (Å²) >= 11 is 4.31. The Morgan fingerprint density at radius 2 is 2.05 bits per heavy atom. The minimum Gasteiger partial charge on any atom is -0.258 e. The van der Waals surface area contributed by atoms with Crippen LogP contribution < -0.4 is 4.72 Å². The van der Waals surface area contributed by atoms with Crippen LogP contribution in [-0.2, 0) is 16.6 Å². The lowest BCUT2D eigenvalue weighted by Gasteiger charge is -2.08. The number of sulfonamides is 1. The van der Waals surface area contributed by atoms with Crippen LogP contribution in [-0.4, -0.2) is 13.3 Å². The molecule has 1 heterocycles. The fraction of sp³-hybridized carbons (Fsp3) is 0.167. The largest absolute Gasteiger partial charge is 0.272 e. The molecule has 0 aliphatic heterocycles. The Morgan fingerprint density at radius 3 is 2.62 bits per heavy atom. The zero-order valence-corrected chi connectivity index (χ0v) is 14.1. The number of hydrogen-bond donors (Lipinski definition) is 1. The van der Waals surface area contributed by atoms with Crippen molar-refractivity contribution in [3.8, 4) is 0 Å². The molecule has 0 atom stereocenters. The van der Waals surface area contributed by atoms with E-state index in [1.807, 2.05) is 0 Å². The number of nitro benzene ring substituents is 1. The minimum absolute atomic E-state index is 0.00532. The highest BCUT2D eigenvalue weighted by Gasteiger charge is 2.18. The topological polar surface area (TPSA) is 89.3 Å². The van der Waals surface area contributed by atoms with Gasteiger partial charge in [-0.1, -0.05) is 12.1 Å². The predicted molar refractivity (Wildman–Crippen MR) is 83.9 cm³/mol. The Hall–Kier alpha value is -1.29. The predicted octanol–water partition coefficient (Wildman–Crippen LogP) is 3.21. The maximum absolute atomic E-state index is 12.1. The van der Waals surface area contributed by atoms with Crippen LogP contribution in [0, 0.1) is 17.0 Å². The number of nitrogens with one attached hydrogen (secondary N) is 1. The van der Waals surface area contributed by atoms with Crippen LogP contribution in [0.2, 0.25) is 0 Å². The second-order valence-electron chi connectivity index (χ2n) is 4.20. The van der Waals surface area contributed by atoms with Gasteiger partial charge < -0.3 is 0 Å². The van der Waals surface area contributed by atoms with Gasteiger partial charge in [-0.05, 0) is 40.5 Å². The second-order valence-corrected chi connectivity index (χ2v) is 8.66. The molecule has 0 radical (unpaired) electrons. The van der Waals surface area contributed by atoms with Crippen molar-refractivity contribution in [3.05, 3.63) is 55.4 Å². The molecule has 0 aliphatic rings. The summed E-state index contributed by atoms with van der Waals surface area (Å²) in [6.07, 6.45) is 0. The fourth-order valence-electron chi connectivity index (χ4n) is 1.75. The maximum atomic E-state index is 12.1. The fourth-order valence-corrected chi connectivity index (χ4v) is 4.81. The first kappa shape index (κ1) is 16.1. The number of thiophene rings is 1. The highest BCUT2D eigenvalue weighted by atomic mass is 79.9. The zero-order chi connectivity index (χ0) is 15.6. The van der Waals surface area contributed by atoms with Crippen molar-refractivity contribution >= 4 is 43.0 Å². The van der Waals surface area contributed by atoms with E-state index < -0.39 is 14.9 Å². The SMILES string of the molecule is Cc1c(CNS(=O)(=O)c2ccc(Br)s2)cccc1[N+](=O)[O-]. The van der Waals surface area contributed by atoms with Crippen LogP contribution in [0.3, 0.4) is 0 Å². The minimum atomic E-state index is -3.62. The van der Waals surface area contributed by atoms with Gasteiger partial charge in [-0.2, -0.15) is 0 Å². The Labute approximate surface area is 134 Å². The van der Waals surface area contributed by atoms with E-state index in [0.29, 0.717) is 11.1 Å². The average molecular weight is 391 g/mol. The lowest BCUT2D eigenvalue weighted by Crippen LogP contribution is -2.22. The summed E-state index contributed by atoms with van der Waals surface area (Å²) in [4.78, 5) is 10.4. The molecule has 2 rings (SSSR count). The number of hydrogen-bond acceptors (Lipinski definition) is 5. The normalized spacial score (nSPS) is 11.5. The molecule has 0 saturated heterocycles. The lowest BCUT2D eigenvalue weighted by molar-refractivity contribution is -0.385. The molecule has 0 saturated carbocycles. The molecule has 0 unspecified atom stereocenters. The van der Waals surface area contributed by atoms with Crippen molar-refractivity contribution in [2.24, 2.45) is 0 Å². The standard InChI is InChI=1S/C12H11BrN2O4S2/c1-8-9(3-2-4-10(8)15(16)17)7-14-21(18,19)12-6-5-11(13)20-12/h2-6,14H,7H2,1H3. The summed E-state index contributed by atoms with van der Waals surface area (Å²) in [6.45, 7) is 1.61. The summed E-state index contributed by atoms with van der Waals surface area (Å²) in [5, 5.41) is 10.9. The molecule has 9 heteroatoms. The van der Waals surface area contributed by atoms with Crippen LogP contribution in [0.25, 0.3) is 0 Å². The first-order valence-corrected chi connectivity index (χ1v) is 8.88. The molecule has 0 bridgehead atoms. The van der Waals surface area contributed by atoms with Crippen LogP contribution in [0.1, 0.15) is 11.1 Å². The average Bonchev–Trinajstić information content (AvgIpc) is 2.85. The highest BCUT2D eigenvalue weighted by molar-refractivity contribution is 9.11. The van der Waals surface area contributed by atoms with E-state index in [-0.39, 0.29) is 16.4 Å². The molecule has 21 heavy (non-hydrogen) atoms. The van der Waals surface area contributed by atoms with Gasteiger partial charge in [0.15, 0.2) is 0 Å². The van der Waals surface area contributed by atoms with Gasteiger partial charge in [-0.25, -0.2) is 13.1 Å². The van der Waals surface area contributed by atoms with Crippen molar-refractivity contribution in [3.63, 3.8) is 0 Å². The summed E-state index contributed by atoms with van der Waals surface area (Å²) in [7, 11) is -3.62. The number of nitrogens with zero attached hydrogens (tertiary/aromatic N) is 1. The van der Waals surface area contributed by atoms with Crippen LogP contribution >= 0.6 is 27.3 Å². The van der Waals surface area contributed by atoms with Gasteiger partial charge in [-0.15, -0.1) is 11.3 Å². The molecule has 0 fully saturated rings. The van der Waals surface area contributed by atoms with Gasteiger partial charge in [0, 0.05) is 18.2 Å². The highest BCUT2D eigenvalue weighted by Crippen LogP contribution is 2.26. The molecule has 0 amide bonds. The quantitative estimate of drug-likeness (QED) is 0.626. The smallest absolute Gasteiger partial charge is 0.258 e. The summed E-state index contributed by atoms with van der Waals surface area (Å²) in [5.41, 5.74) is 1.01. The monoisotopic (exact) mass is 390 g/mol. The molecular formula is C12H11BrN2O4S2. The number of halogens is 1. The Balaban J connectivity index is 2.21. The van der Waals surface area contributed by atoms with Crippen molar-refractivity contribution < 1.29 is 13.3 Å². The van der Waals surface area contributed by atoms with E-state index in [2.05, 4.69) is 20.7 Å². The number of benzene rings is 1. The van der Waals surface area contributed by atoms with E-state index in [9.17, 15) is 18.5 Å². The molecule has 6 nitrogen and oxygen atoms in total. The summed E-state index contributed by atoms with van der Waals surface area (Å²) < 4.78 is 27.5. The van der Waals surface area contributed by atoms with E-state index in [4.69, 9.17) is 0 Å². The van der Waals surface area contributed by atoms with Gasteiger partial charge in [0.25, 0.3) is 5.69 Å². The van der Waals surface area contributed by atoms with E-state index in [0.717, 1.165) is 15.1 Å². The van der Waals surface area contributed by atoms with Crippen molar-refractivity contribution in [1.29, 1.82) is 0 Å². The van der Waals surface area contributed by atoms with Gasteiger partial charge in [0.1, 0.15) is 4.21 Å². The Bertz CT molecular complexity index is 786. The Kier molecular flexibility index (Phi) is 4.77. The van der Waals surface area contributed by atoms with Crippen LogP contribution in [0.15, 0.2) is 38.3 Å². The molecule has 1 aromatic carbocycles. The Morgan fingerprint density at radius 1 is 1.33 bits per heavy atom. The van der Waals surface area contributed by atoms with Gasteiger partial charge in [0.05, 0.1) is 8.71 Å². The van der Waals surface area contributed by atoms with E-state index in [1.54, 1.807) is 19.1 Å². The molecule has 0 aliphatic carbocycles. The first-order valence-electron chi connectivity index (χ1n) is 5.79. The molecule has 112 valence electrons. The second kappa shape index (κ2) is 6.22. The third kappa shape index (κ3) is 3.67. The molecular weight excluding hydrogens is 380 g/mol.